The van der Waals surface area contributed by atoms with Crippen molar-refractivity contribution in [1.29, 1.82) is 0 Å². The van der Waals surface area contributed by atoms with Crippen LogP contribution in [0.25, 0.3) is 11.1 Å². The van der Waals surface area contributed by atoms with E-state index in [-0.39, 0.29) is 12.1 Å². The molecule has 0 saturated carbocycles. The highest BCUT2D eigenvalue weighted by molar-refractivity contribution is 5.75. The summed E-state index contributed by atoms with van der Waals surface area (Å²) in [7, 11) is 1.94. The Hall–Kier alpha value is -3.33. The van der Waals surface area contributed by atoms with Gasteiger partial charge < -0.3 is 20.3 Å². The van der Waals surface area contributed by atoms with Gasteiger partial charge >= 0.3 is 6.03 Å². The lowest BCUT2D eigenvalue weighted by molar-refractivity contribution is -0.0300. The minimum absolute atomic E-state index is 0.273. The van der Waals surface area contributed by atoms with Gasteiger partial charge in [0.1, 0.15) is 0 Å². The van der Waals surface area contributed by atoms with Crippen LogP contribution in [-0.2, 0) is 31.2 Å². The number of carbonyl (C=O) groups is 1. The molecule has 2 N–H and O–H groups in total. The quantitative estimate of drug-likeness (QED) is 0.684. The molecule has 3 aliphatic rings. The van der Waals surface area contributed by atoms with Gasteiger partial charge in [0.15, 0.2) is 5.82 Å². The molecule has 3 aromatic rings. The van der Waals surface area contributed by atoms with E-state index < -0.39 is 0 Å². The molecule has 3 aliphatic heterocycles. The zero-order chi connectivity index (χ0) is 21.8. The first-order chi connectivity index (χ1) is 15.6. The second kappa shape index (κ2) is 7.37. The number of ether oxygens (including phenoxy) is 1. The number of amides is 2. The molecular weight excluding hydrogens is 406 g/mol. The van der Waals surface area contributed by atoms with Crippen molar-refractivity contribution in [3.63, 3.8) is 0 Å². The lowest BCUT2D eigenvalue weighted by atomic mass is 9.96. The summed E-state index contributed by atoms with van der Waals surface area (Å²) in [6.07, 6.45) is 6.80. The zero-order valence-corrected chi connectivity index (χ0v) is 18.2. The van der Waals surface area contributed by atoms with Crippen LogP contribution in [0.15, 0.2) is 30.6 Å². The molecule has 0 spiro atoms. The standard InChI is InChI=1S/C23H27N7O2/c1-27-11-17(10-25-27)15-4-5-20-16(9-15)3-2-7-29(20)22-19-12-28(23(24)31)8-6-21(19)30(26-22)18-13-32-14-18/h4-5,9-11,18H,2-3,6-8,12-14H2,1H3,(H2,24,31). The molecular formula is C23H27N7O2. The van der Waals surface area contributed by atoms with E-state index in [1.165, 1.54) is 22.5 Å². The van der Waals surface area contributed by atoms with Crippen molar-refractivity contribution >= 4 is 17.5 Å². The molecule has 1 aromatic carbocycles. The fraction of sp³-hybridized carbons (Fsp3) is 0.435. The Balaban J connectivity index is 1.41. The van der Waals surface area contributed by atoms with Crippen LogP contribution in [0.3, 0.4) is 0 Å². The van der Waals surface area contributed by atoms with Gasteiger partial charge in [0, 0.05) is 55.3 Å². The van der Waals surface area contributed by atoms with E-state index in [1.807, 2.05) is 24.1 Å². The molecule has 0 atom stereocenters. The molecule has 1 saturated heterocycles. The van der Waals surface area contributed by atoms with Crippen molar-refractivity contribution in [2.75, 3.05) is 31.2 Å². The number of nitrogens with zero attached hydrogens (tertiary/aromatic N) is 6. The number of fused-ring (bicyclic) bond motifs is 2. The maximum atomic E-state index is 11.9. The molecule has 166 valence electrons. The lowest BCUT2D eigenvalue weighted by Crippen LogP contribution is -2.41. The molecule has 0 radical (unpaired) electrons. The summed E-state index contributed by atoms with van der Waals surface area (Å²) in [4.78, 5) is 16.0. The summed E-state index contributed by atoms with van der Waals surface area (Å²) in [6.45, 7) is 3.43. The number of anilines is 2. The average molecular weight is 434 g/mol. The molecule has 1 fully saturated rings. The van der Waals surface area contributed by atoms with Gasteiger partial charge in [-0.1, -0.05) is 6.07 Å². The van der Waals surface area contributed by atoms with Gasteiger partial charge in [-0.3, -0.25) is 9.36 Å². The van der Waals surface area contributed by atoms with Crippen LogP contribution in [0, 0.1) is 0 Å². The van der Waals surface area contributed by atoms with E-state index in [0.29, 0.717) is 26.3 Å². The molecule has 0 unspecified atom stereocenters. The van der Waals surface area contributed by atoms with E-state index in [4.69, 9.17) is 15.6 Å². The maximum absolute atomic E-state index is 11.9. The van der Waals surface area contributed by atoms with Crippen LogP contribution in [0.5, 0.6) is 0 Å². The highest BCUT2D eigenvalue weighted by Crippen LogP contribution is 2.40. The molecule has 32 heavy (non-hydrogen) atoms. The van der Waals surface area contributed by atoms with Gasteiger partial charge in [-0.15, -0.1) is 0 Å². The van der Waals surface area contributed by atoms with Crippen LogP contribution in [-0.4, -0.2) is 56.8 Å². The highest BCUT2D eigenvalue weighted by atomic mass is 16.5. The first kappa shape index (κ1) is 19.4. The third-order valence-corrected chi connectivity index (χ3v) is 6.83. The molecule has 5 heterocycles. The van der Waals surface area contributed by atoms with Gasteiger partial charge in [-0.25, -0.2) is 4.79 Å². The summed E-state index contributed by atoms with van der Waals surface area (Å²) < 4.78 is 9.41. The SMILES string of the molecule is Cn1cc(-c2ccc3c(c2)CCCN3c2nn(C3COC3)c3c2CN(C(N)=O)CC3)cn1. The van der Waals surface area contributed by atoms with Crippen LogP contribution in [0.1, 0.15) is 29.3 Å². The van der Waals surface area contributed by atoms with Crippen LogP contribution >= 0.6 is 0 Å². The third-order valence-electron chi connectivity index (χ3n) is 6.83. The Morgan fingerprint density at radius 2 is 2.06 bits per heavy atom. The molecule has 9 nitrogen and oxygen atoms in total. The number of hydrogen-bond donors (Lipinski definition) is 1. The zero-order valence-electron chi connectivity index (χ0n) is 18.2. The predicted octanol–water partition coefficient (Wildman–Crippen LogP) is 2.38. The number of urea groups is 1. The number of benzene rings is 1. The van der Waals surface area contributed by atoms with Gasteiger partial charge in [-0.05, 0) is 36.1 Å². The Labute approximate surface area is 186 Å². The summed E-state index contributed by atoms with van der Waals surface area (Å²) >= 11 is 0. The summed E-state index contributed by atoms with van der Waals surface area (Å²) in [5, 5.41) is 9.40. The number of carbonyl (C=O) groups excluding carboxylic acids is 1. The van der Waals surface area contributed by atoms with Crippen LogP contribution < -0.4 is 10.6 Å². The Bertz CT molecular complexity index is 1190. The first-order valence-corrected chi connectivity index (χ1v) is 11.2. The highest BCUT2D eigenvalue weighted by Gasteiger charge is 2.34. The van der Waals surface area contributed by atoms with Crippen LogP contribution in [0.2, 0.25) is 0 Å². The van der Waals surface area contributed by atoms with Crippen molar-refractivity contribution in [1.82, 2.24) is 24.5 Å². The van der Waals surface area contributed by atoms with E-state index in [2.05, 4.69) is 32.9 Å². The minimum Gasteiger partial charge on any atom is -0.377 e. The second-order valence-electron chi connectivity index (χ2n) is 8.90. The van der Waals surface area contributed by atoms with E-state index in [1.54, 1.807) is 4.90 Å². The Morgan fingerprint density at radius 1 is 1.19 bits per heavy atom. The van der Waals surface area contributed by atoms with Crippen molar-refractivity contribution in [2.45, 2.75) is 31.8 Å². The van der Waals surface area contributed by atoms with Crippen molar-refractivity contribution in [3.8, 4) is 11.1 Å². The summed E-state index contributed by atoms with van der Waals surface area (Å²) in [6, 6.07) is 6.53. The van der Waals surface area contributed by atoms with Gasteiger partial charge in [-0.2, -0.15) is 10.2 Å². The first-order valence-electron chi connectivity index (χ1n) is 11.2. The predicted molar refractivity (Wildman–Crippen MR) is 120 cm³/mol. The molecule has 2 amide bonds. The summed E-state index contributed by atoms with van der Waals surface area (Å²) in [5.74, 6) is 0.952. The second-order valence-corrected chi connectivity index (χ2v) is 8.90. The number of primary amides is 1. The van der Waals surface area contributed by atoms with E-state index in [0.717, 1.165) is 42.8 Å². The largest absolute Gasteiger partial charge is 0.377 e. The normalized spacial score (nSPS) is 18.3. The molecule has 0 bridgehead atoms. The van der Waals surface area contributed by atoms with Crippen molar-refractivity contribution in [2.24, 2.45) is 12.8 Å². The van der Waals surface area contributed by atoms with Gasteiger partial charge in [0.05, 0.1) is 32.0 Å². The maximum Gasteiger partial charge on any atom is 0.315 e. The molecule has 0 aliphatic carbocycles. The number of rotatable bonds is 3. The Kier molecular flexibility index (Phi) is 4.46. The topological polar surface area (TPSA) is 94.4 Å². The molecule has 2 aromatic heterocycles. The van der Waals surface area contributed by atoms with Crippen molar-refractivity contribution < 1.29 is 9.53 Å². The third kappa shape index (κ3) is 3.07. The van der Waals surface area contributed by atoms with Crippen LogP contribution in [0.4, 0.5) is 16.3 Å². The van der Waals surface area contributed by atoms with Gasteiger partial charge in [0.2, 0.25) is 0 Å². The number of aromatic nitrogens is 4. The number of nitrogens with two attached hydrogens (primary N) is 1. The number of hydrogen-bond acceptors (Lipinski definition) is 5. The monoisotopic (exact) mass is 433 g/mol. The lowest BCUT2D eigenvalue weighted by Gasteiger charge is -2.32. The Morgan fingerprint density at radius 3 is 2.78 bits per heavy atom. The van der Waals surface area contributed by atoms with E-state index in [9.17, 15) is 4.79 Å². The molecule has 6 rings (SSSR count). The van der Waals surface area contributed by atoms with Crippen molar-refractivity contribution in [3.05, 3.63) is 47.4 Å². The smallest absolute Gasteiger partial charge is 0.315 e. The number of aryl methyl sites for hydroxylation is 2. The fourth-order valence-electron chi connectivity index (χ4n) is 5.07. The minimum atomic E-state index is -0.374. The van der Waals surface area contributed by atoms with E-state index >= 15 is 0 Å². The molecule has 9 heteroatoms. The van der Waals surface area contributed by atoms with Gasteiger partial charge in [0.25, 0.3) is 0 Å². The average Bonchev–Trinajstić information content (AvgIpc) is 3.35. The summed E-state index contributed by atoms with van der Waals surface area (Å²) in [5.41, 5.74) is 12.8. The fourth-order valence-corrected chi connectivity index (χ4v) is 5.07.